The van der Waals surface area contributed by atoms with Gasteiger partial charge in [-0.3, -0.25) is 0 Å². The molecule has 0 bridgehead atoms. The van der Waals surface area contributed by atoms with Gasteiger partial charge < -0.3 is 4.74 Å². The molecular weight excluding hydrogens is 232 g/mol. The summed E-state index contributed by atoms with van der Waals surface area (Å²) >= 11 is 3.39. The predicted octanol–water partition coefficient (Wildman–Crippen LogP) is 2.85. The van der Waals surface area contributed by atoms with Crippen molar-refractivity contribution >= 4 is 21.9 Å². The van der Waals surface area contributed by atoms with Gasteiger partial charge in [0, 0.05) is 4.47 Å². The van der Waals surface area contributed by atoms with Crippen LogP contribution in [-0.2, 0) is 4.74 Å². The van der Waals surface area contributed by atoms with Crippen LogP contribution in [0.15, 0.2) is 16.6 Å². The second kappa shape index (κ2) is 3.92. The summed E-state index contributed by atoms with van der Waals surface area (Å²) in [5.74, 6) is -0.302. The largest absolute Gasteiger partial charge is 0.465 e. The van der Waals surface area contributed by atoms with Crippen LogP contribution >= 0.6 is 15.9 Å². The lowest BCUT2D eigenvalue weighted by Gasteiger charge is -2.05. The Hall–Kier alpha value is -0.830. The van der Waals surface area contributed by atoms with Gasteiger partial charge in [-0.05, 0) is 37.1 Å². The van der Waals surface area contributed by atoms with Crippen molar-refractivity contribution in [1.82, 2.24) is 0 Å². The summed E-state index contributed by atoms with van der Waals surface area (Å²) in [6.07, 6.45) is 0. The van der Waals surface area contributed by atoms with Crippen molar-refractivity contribution in [3.05, 3.63) is 33.3 Å². The molecule has 0 N–H and O–H groups in total. The highest BCUT2D eigenvalue weighted by atomic mass is 79.9. The Balaban J connectivity index is 3.20. The molecule has 1 aromatic carbocycles. The number of rotatable bonds is 1. The summed E-state index contributed by atoms with van der Waals surface area (Å²) in [7, 11) is 1.38. The van der Waals surface area contributed by atoms with Crippen LogP contribution in [0, 0.1) is 13.8 Å². The molecule has 0 atom stereocenters. The fraction of sp³-hybridized carbons (Fsp3) is 0.300. The molecule has 0 unspecified atom stereocenters. The van der Waals surface area contributed by atoms with E-state index in [9.17, 15) is 4.79 Å². The number of methoxy groups -OCH3 is 1. The van der Waals surface area contributed by atoms with Crippen LogP contribution in [0.5, 0.6) is 0 Å². The highest BCUT2D eigenvalue weighted by Crippen LogP contribution is 2.21. The number of ether oxygens (including phenoxy) is 1. The molecule has 13 heavy (non-hydrogen) atoms. The Morgan fingerprint density at radius 2 is 2.00 bits per heavy atom. The van der Waals surface area contributed by atoms with Crippen molar-refractivity contribution in [3.63, 3.8) is 0 Å². The first-order valence-electron chi connectivity index (χ1n) is 3.91. The molecule has 3 heteroatoms. The molecule has 0 heterocycles. The van der Waals surface area contributed by atoms with Gasteiger partial charge in [-0.15, -0.1) is 0 Å². The van der Waals surface area contributed by atoms with E-state index >= 15 is 0 Å². The third-order valence-electron chi connectivity index (χ3n) is 2.03. The first-order valence-corrected chi connectivity index (χ1v) is 4.70. The quantitative estimate of drug-likeness (QED) is 0.709. The smallest absolute Gasteiger partial charge is 0.337 e. The summed E-state index contributed by atoms with van der Waals surface area (Å²) in [6.45, 7) is 3.97. The lowest BCUT2D eigenvalue weighted by atomic mass is 10.1. The molecule has 0 spiro atoms. The number of carbonyl (C=O) groups excluding carboxylic acids is 1. The molecule has 0 aliphatic heterocycles. The molecule has 1 aromatic rings. The Morgan fingerprint density at radius 3 is 2.46 bits per heavy atom. The molecule has 0 saturated carbocycles. The van der Waals surface area contributed by atoms with Gasteiger partial charge >= 0.3 is 5.97 Å². The molecule has 0 radical (unpaired) electrons. The van der Waals surface area contributed by atoms with Crippen molar-refractivity contribution in [2.24, 2.45) is 0 Å². The van der Waals surface area contributed by atoms with Crippen molar-refractivity contribution < 1.29 is 9.53 Å². The molecule has 0 aliphatic carbocycles. The number of carbonyl (C=O) groups is 1. The summed E-state index contributed by atoms with van der Waals surface area (Å²) < 4.78 is 5.56. The van der Waals surface area contributed by atoms with Crippen molar-refractivity contribution in [2.75, 3.05) is 7.11 Å². The van der Waals surface area contributed by atoms with E-state index < -0.39 is 0 Å². The lowest BCUT2D eigenvalue weighted by Crippen LogP contribution is -2.02. The zero-order chi connectivity index (χ0) is 10.0. The second-order valence-corrected chi connectivity index (χ2v) is 3.75. The van der Waals surface area contributed by atoms with Gasteiger partial charge in [-0.1, -0.05) is 15.9 Å². The van der Waals surface area contributed by atoms with Gasteiger partial charge in [0.25, 0.3) is 0 Å². The number of esters is 1. The van der Waals surface area contributed by atoms with E-state index in [1.54, 1.807) is 6.07 Å². The standard InChI is InChI=1S/C10H11BrO2/c1-6-4-8(10(12)13-3)5-9(11)7(6)2/h4-5H,1-3H3. The fourth-order valence-electron chi connectivity index (χ4n) is 1.05. The van der Waals surface area contributed by atoms with Crippen LogP contribution in [0.3, 0.4) is 0 Å². The summed E-state index contributed by atoms with van der Waals surface area (Å²) in [4.78, 5) is 11.2. The van der Waals surface area contributed by atoms with Crippen LogP contribution in [0.1, 0.15) is 21.5 Å². The highest BCUT2D eigenvalue weighted by molar-refractivity contribution is 9.10. The van der Waals surface area contributed by atoms with E-state index in [-0.39, 0.29) is 5.97 Å². The maximum absolute atomic E-state index is 11.2. The number of benzene rings is 1. The van der Waals surface area contributed by atoms with Crippen molar-refractivity contribution in [2.45, 2.75) is 13.8 Å². The average Bonchev–Trinajstić information content (AvgIpc) is 2.12. The van der Waals surface area contributed by atoms with Gasteiger partial charge in [0.05, 0.1) is 12.7 Å². The summed E-state index contributed by atoms with van der Waals surface area (Å²) in [5, 5.41) is 0. The Kier molecular flexibility index (Phi) is 3.09. The van der Waals surface area contributed by atoms with E-state index in [4.69, 9.17) is 0 Å². The molecule has 2 nitrogen and oxygen atoms in total. The predicted molar refractivity (Wildman–Crippen MR) is 55.0 cm³/mol. The Bertz CT molecular complexity index is 322. The molecule has 0 aromatic heterocycles. The van der Waals surface area contributed by atoms with Gasteiger partial charge in [0.1, 0.15) is 0 Å². The second-order valence-electron chi connectivity index (χ2n) is 2.89. The zero-order valence-corrected chi connectivity index (χ0v) is 9.44. The number of halogens is 1. The molecular formula is C10H11BrO2. The normalized spacial score (nSPS) is 9.85. The molecule has 0 saturated heterocycles. The Morgan fingerprint density at radius 1 is 1.38 bits per heavy atom. The first-order chi connectivity index (χ1) is 6.06. The van der Waals surface area contributed by atoms with E-state index in [2.05, 4.69) is 20.7 Å². The van der Waals surface area contributed by atoms with Crippen LogP contribution in [0.4, 0.5) is 0 Å². The van der Waals surface area contributed by atoms with Crippen molar-refractivity contribution in [1.29, 1.82) is 0 Å². The van der Waals surface area contributed by atoms with Crippen molar-refractivity contribution in [3.8, 4) is 0 Å². The maximum Gasteiger partial charge on any atom is 0.337 e. The van der Waals surface area contributed by atoms with Crippen LogP contribution in [-0.4, -0.2) is 13.1 Å². The Labute approximate surface area is 86.0 Å². The monoisotopic (exact) mass is 242 g/mol. The first kappa shape index (κ1) is 10.3. The molecule has 0 fully saturated rings. The third kappa shape index (κ3) is 2.10. The lowest BCUT2D eigenvalue weighted by molar-refractivity contribution is 0.0600. The number of aryl methyl sites for hydroxylation is 1. The van der Waals surface area contributed by atoms with Gasteiger partial charge in [0.2, 0.25) is 0 Å². The molecule has 1 rings (SSSR count). The fourth-order valence-corrected chi connectivity index (χ4v) is 1.61. The van der Waals surface area contributed by atoms with Gasteiger partial charge in [0.15, 0.2) is 0 Å². The zero-order valence-electron chi connectivity index (χ0n) is 7.85. The number of hydrogen-bond donors (Lipinski definition) is 0. The minimum Gasteiger partial charge on any atom is -0.465 e. The van der Waals surface area contributed by atoms with Gasteiger partial charge in [-0.25, -0.2) is 4.79 Å². The SMILES string of the molecule is COC(=O)c1cc(C)c(C)c(Br)c1. The van der Waals surface area contributed by atoms with Gasteiger partial charge in [-0.2, -0.15) is 0 Å². The van der Waals surface area contributed by atoms with Crippen LogP contribution < -0.4 is 0 Å². The van der Waals surface area contributed by atoms with Crippen LogP contribution in [0.2, 0.25) is 0 Å². The minimum atomic E-state index is -0.302. The topological polar surface area (TPSA) is 26.3 Å². The highest BCUT2D eigenvalue weighted by Gasteiger charge is 2.08. The number of hydrogen-bond acceptors (Lipinski definition) is 2. The third-order valence-corrected chi connectivity index (χ3v) is 2.85. The van der Waals surface area contributed by atoms with E-state index in [1.807, 2.05) is 19.9 Å². The molecule has 0 aliphatic rings. The summed E-state index contributed by atoms with van der Waals surface area (Å²) in [5.41, 5.74) is 2.81. The van der Waals surface area contributed by atoms with E-state index in [0.29, 0.717) is 5.56 Å². The molecule has 70 valence electrons. The minimum absolute atomic E-state index is 0.302. The summed E-state index contributed by atoms with van der Waals surface area (Å²) in [6, 6.07) is 3.60. The molecule has 0 amide bonds. The van der Waals surface area contributed by atoms with E-state index in [1.165, 1.54) is 7.11 Å². The average molecular weight is 243 g/mol. The van der Waals surface area contributed by atoms with Crippen LogP contribution in [0.25, 0.3) is 0 Å². The maximum atomic E-state index is 11.2. The van der Waals surface area contributed by atoms with E-state index in [0.717, 1.165) is 15.6 Å².